The molecule has 1 saturated heterocycles. The van der Waals surface area contributed by atoms with Crippen molar-refractivity contribution < 1.29 is 9.53 Å². The van der Waals surface area contributed by atoms with Gasteiger partial charge >= 0.3 is 0 Å². The van der Waals surface area contributed by atoms with E-state index in [1.54, 1.807) is 0 Å². The number of carbonyl (C=O) groups excluding carboxylic acids is 1. The smallest absolute Gasteiger partial charge is 0.253 e. The van der Waals surface area contributed by atoms with Gasteiger partial charge in [-0.3, -0.25) is 4.79 Å². The van der Waals surface area contributed by atoms with Crippen molar-refractivity contribution >= 4 is 34.5 Å². The Balaban J connectivity index is 1.25. The number of aromatic nitrogens is 2. The fraction of sp³-hybridized carbons (Fsp3) is 0.412. The van der Waals surface area contributed by atoms with Crippen LogP contribution in [0.4, 0.5) is 5.95 Å². The SMILES string of the molecule is CCOCCn1c(N2CCCN(CCC(CN(C)C(=O)c3ccccc3)c3cccc(Cl)c3)CC2)nc2ccccc21. The second-order valence-corrected chi connectivity index (χ2v) is 11.5. The molecule has 1 aliphatic heterocycles. The van der Waals surface area contributed by atoms with Crippen molar-refractivity contribution in [3.05, 3.63) is 95.0 Å². The van der Waals surface area contributed by atoms with Crippen LogP contribution in [-0.4, -0.2) is 84.8 Å². The van der Waals surface area contributed by atoms with E-state index in [-0.39, 0.29) is 11.8 Å². The van der Waals surface area contributed by atoms with E-state index in [1.807, 2.05) is 67.4 Å². The molecule has 1 fully saturated rings. The van der Waals surface area contributed by atoms with Gasteiger partial charge in [-0.05, 0) is 74.8 Å². The predicted octanol–water partition coefficient (Wildman–Crippen LogP) is 6.18. The van der Waals surface area contributed by atoms with Crippen molar-refractivity contribution in [3.63, 3.8) is 0 Å². The van der Waals surface area contributed by atoms with Gasteiger partial charge < -0.3 is 24.0 Å². The molecule has 4 aromatic rings. The van der Waals surface area contributed by atoms with Crippen molar-refractivity contribution in [1.29, 1.82) is 0 Å². The average Bonchev–Trinajstić information content (AvgIpc) is 3.21. The van der Waals surface area contributed by atoms with Gasteiger partial charge in [0.1, 0.15) is 0 Å². The quantitative estimate of drug-likeness (QED) is 0.185. The number of anilines is 1. The summed E-state index contributed by atoms with van der Waals surface area (Å²) in [5.74, 6) is 1.26. The summed E-state index contributed by atoms with van der Waals surface area (Å²) < 4.78 is 8.01. The van der Waals surface area contributed by atoms with Gasteiger partial charge in [-0.15, -0.1) is 0 Å². The number of carbonyl (C=O) groups is 1. The van der Waals surface area contributed by atoms with Crippen molar-refractivity contribution in [3.8, 4) is 0 Å². The zero-order valence-electron chi connectivity index (χ0n) is 24.8. The largest absolute Gasteiger partial charge is 0.380 e. The molecular formula is C34H42ClN5O2. The van der Waals surface area contributed by atoms with Gasteiger partial charge in [0.15, 0.2) is 0 Å². The number of ether oxygens (including phenoxy) is 1. The Labute approximate surface area is 254 Å². The molecule has 1 atom stereocenters. The highest BCUT2D eigenvalue weighted by atomic mass is 35.5. The molecule has 222 valence electrons. The van der Waals surface area contributed by atoms with Crippen LogP contribution in [0.25, 0.3) is 11.0 Å². The van der Waals surface area contributed by atoms with E-state index in [0.717, 1.165) is 74.1 Å². The Morgan fingerprint density at radius 3 is 2.60 bits per heavy atom. The van der Waals surface area contributed by atoms with Crippen LogP contribution < -0.4 is 4.90 Å². The maximum absolute atomic E-state index is 13.1. The summed E-state index contributed by atoms with van der Waals surface area (Å²) in [7, 11) is 1.90. The molecule has 0 N–H and O–H groups in total. The second kappa shape index (κ2) is 14.7. The molecule has 1 aliphatic rings. The summed E-state index contributed by atoms with van der Waals surface area (Å²) in [6.07, 6.45) is 2.02. The lowest BCUT2D eigenvalue weighted by atomic mass is 9.94. The fourth-order valence-corrected chi connectivity index (χ4v) is 6.09. The molecule has 1 aromatic heterocycles. The third-order valence-corrected chi connectivity index (χ3v) is 8.38. The minimum Gasteiger partial charge on any atom is -0.380 e. The molecule has 0 saturated carbocycles. The fourth-order valence-electron chi connectivity index (χ4n) is 5.90. The Morgan fingerprint density at radius 1 is 0.976 bits per heavy atom. The number of amides is 1. The van der Waals surface area contributed by atoms with Crippen LogP contribution in [0.5, 0.6) is 0 Å². The second-order valence-electron chi connectivity index (χ2n) is 11.0. The first-order valence-corrected chi connectivity index (χ1v) is 15.5. The first-order chi connectivity index (χ1) is 20.5. The molecular weight excluding hydrogens is 546 g/mol. The third kappa shape index (κ3) is 7.51. The van der Waals surface area contributed by atoms with Gasteiger partial charge in [-0.25, -0.2) is 4.98 Å². The first-order valence-electron chi connectivity index (χ1n) is 15.1. The van der Waals surface area contributed by atoms with Crippen LogP contribution >= 0.6 is 11.6 Å². The van der Waals surface area contributed by atoms with E-state index >= 15 is 0 Å². The molecule has 3 aromatic carbocycles. The highest BCUT2D eigenvalue weighted by Crippen LogP contribution is 2.27. The van der Waals surface area contributed by atoms with Gasteiger partial charge in [0, 0.05) is 62.9 Å². The molecule has 1 unspecified atom stereocenters. The van der Waals surface area contributed by atoms with Crippen LogP contribution in [0.1, 0.15) is 41.6 Å². The van der Waals surface area contributed by atoms with Crippen LogP contribution in [0.15, 0.2) is 78.9 Å². The molecule has 5 rings (SSSR count). The van der Waals surface area contributed by atoms with E-state index in [9.17, 15) is 4.79 Å². The highest BCUT2D eigenvalue weighted by Gasteiger charge is 2.23. The summed E-state index contributed by atoms with van der Waals surface area (Å²) in [5.41, 5.74) is 4.08. The number of imidazole rings is 1. The summed E-state index contributed by atoms with van der Waals surface area (Å²) in [6, 6.07) is 26.0. The minimum absolute atomic E-state index is 0.0419. The molecule has 42 heavy (non-hydrogen) atoms. The number of para-hydroxylation sites is 2. The van der Waals surface area contributed by atoms with Crippen molar-refractivity contribution in [2.24, 2.45) is 0 Å². The highest BCUT2D eigenvalue weighted by molar-refractivity contribution is 6.30. The molecule has 0 radical (unpaired) electrons. The number of fused-ring (bicyclic) bond motifs is 1. The predicted molar refractivity (Wildman–Crippen MR) is 172 cm³/mol. The van der Waals surface area contributed by atoms with Gasteiger partial charge in [0.25, 0.3) is 5.91 Å². The number of likely N-dealkylation sites (N-methyl/N-ethyl adjacent to an activating group) is 1. The number of halogens is 1. The number of benzene rings is 3. The summed E-state index contributed by atoms with van der Waals surface area (Å²) in [4.78, 5) is 25.0. The normalized spacial score (nSPS) is 15.1. The van der Waals surface area contributed by atoms with Gasteiger partial charge in [0.2, 0.25) is 5.95 Å². The van der Waals surface area contributed by atoms with Gasteiger partial charge in [-0.2, -0.15) is 0 Å². The van der Waals surface area contributed by atoms with E-state index in [0.29, 0.717) is 25.3 Å². The molecule has 0 spiro atoms. The molecule has 0 bridgehead atoms. The lowest BCUT2D eigenvalue weighted by Gasteiger charge is -2.28. The number of nitrogens with zero attached hydrogens (tertiary/aromatic N) is 5. The Hall–Kier alpha value is -3.39. The Kier molecular flexibility index (Phi) is 10.5. The molecule has 1 amide bonds. The van der Waals surface area contributed by atoms with Crippen LogP contribution in [0.2, 0.25) is 5.02 Å². The topological polar surface area (TPSA) is 53.8 Å². The maximum atomic E-state index is 13.1. The zero-order chi connectivity index (χ0) is 29.3. The van der Waals surface area contributed by atoms with Gasteiger partial charge in [0.05, 0.1) is 17.6 Å². The minimum atomic E-state index is 0.0419. The summed E-state index contributed by atoms with van der Waals surface area (Å²) in [5, 5.41) is 0.729. The van der Waals surface area contributed by atoms with Crippen molar-refractivity contribution in [1.82, 2.24) is 19.4 Å². The lowest BCUT2D eigenvalue weighted by molar-refractivity contribution is 0.0782. The van der Waals surface area contributed by atoms with E-state index in [4.69, 9.17) is 21.3 Å². The van der Waals surface area contributed by atoms with Crippen molar-refractivity contribution in [2.75, 3.05) is 64.4 Å². The van der Waals surface area contributed by atoms with E-state index in [1.165, 1.54) is 5.56 Å². The summed E-state index contributed by atoms with van der Waals surface area (Å²) in [6.45, 7) is 9.71. The number of hydrogen-bond donors (Lipinski definition) is 0. The van der Waals surface area contributed by atoms with Crippen LogP contribution in [0, 0.1) is 0 Å². The third-order valence-electron chi connectivity index (χ3n) is 8.14. The van der Waals surface area contributed by atoms with Gasteiger partial charge in [-0.1, -0.05) is 54.1 Å². The maximum Gasteiger partial charge on any atom is 0.253 e. The molecule has 7 nitrogen and oxygen atoms in total. The number of rotatable bonds is 12. The monoisotopic (exact) mass is 587 g/mol. The van der Waals surface area contributed by atoms with Crippen LogP contribution in [0.3, 0.4) is 0 Å². The van der Waals surface area contributed by atoms with Crippen LogP contribution in [-0.2, 0) is 11.3 Å². The molecule has 8 heteroatoms. The Bertz CT molecular complexity index is 1440. The Morgan fingerprint density at radius 2 is 1.79 bits per heavy atom. The van der Waals surface area contributed by atoms with E-state index < -0.39 is 0 Å². The average molecular weight is 588 g/mol. The van der Waals surface area contributed by atoms with Crippen molar-refractivity contribution in [2.45, 2.75) is 32.2 Å². The van der Waals surface area contributed by atoms with E-state index in [2.05, 4.69) is 44.7 Å². The summed E-state index contributed by atoms with van der Waals surface area (Å²) >= 11 is 6.40. The first kappa shape index (κ1) is 30.1. The zero-order valence-corrected chi connectivity index (χ0v) is 25.5. The number of hydrogen-bond acceptors (Lipinski definition) is 5. The lowest BCUT2D eigenvalue weighted by Crippen LogP contribution is -2.35. The standard InChI is InChI=1S/C34H42ClN5O2/c1-3-42-24-23-40-32-16-8-7-15-31(32)36-34(40)39-19-10-18-38(21-22-39)20-17-29(28-13-9-14-30(35)25-28)26-37(2)33(41)27-11-5-4-6-12-27/h4-9,11-16,25,29H,3,10,17-24,26H2,1-2H3. The molecule has 2 heterocycles. The molecule has 0 aliphatic carbocycles.